The van der Waals surface area contributed by atoms with E-state index in [0.717, 1.165) is 22.4 Å². The maximum Gasteiger partial charge on any atom is 0.121 e. The van der Waals surface area contributed by atoms with Crippen LogP contribution in [0.2, 0.25) is 5.02 Å². The molecule has 0 aliphatic rings. The van der Waals surface area contributed by atoms with Crippen LogP contribution >= 0.6 is 11.6 Å². The number of aromatic hydroxyl groups is 1. The van der Waals surface area contributed by atoms with Crippen LogP contribution < -0.4 is 5.32 Å². The quantitative estimate of drug-likeness (QED) is 0.891. The molecule has 0 atom stereocenters. The first-order valence-electron chi connectivity index (χ1n) is 6.24. The lowest BCUT2D eigenvalue weighted by atomic mass is 10.1. The van der Waals surface area contributed by atoms with Crippen LogP contribution in [-0.4, -0.2) is 5.11 Å². The van der Waals surface area contributed by atoms with E-state index in [9.17, 15) is 5.11 Å². The maximum absolute atomic E-state index is 9.74. The summed E-state index contributed by atoms with van der Waals surface area (Å²) in [6, 6.07) is 11.2. The fraction of sp³-hybridized carbons (Fsp3) is 0.188. The second-order valence-corrected chi connectivity index (χ2v) is 5.15. The Hall–Kier alpha value is -2.18. The standard InChI is InChI=1S/C16H15ClN2O/c1-10-5-12(6-11(2)16(10)20)9-19-14-4-3-13(8-18)15(17)7-14/h3-7,19-20H,9H2,1-2H3. The van der Waals surface area contributed by atoms with Gasteiger partial charge in [0.1, 0.15) is 11.8 Å². The van der Waals surface area contributed by atoms with E-state index in [1.54, 1.807) is 12.1 Å². The van der Waals surface area contributed by atoms with E-state index in [1.807, 2.05) is 38.1 Å². The van der Waals surface area contributed by atoms with Crippen molar-refractivity contribution < 1.29 is 5.11 Å². The van der Waals surface area contributed by atoms with Gasteiger partial charge in [0, 0.05) is 12.2 Å². The van der Waals surface area contributed by atoms with E-state index < -0.39 is 0 Å². The summed E-state index contributed by atoms with van der Waals surface area (Å²) in [5, 5.41) is 22.3. The zero-order valence-corrected chi connectivity index (χ0v) is 12.1. The van der Waals surface area contributed by atoms with E-state index >= 15 is 0 Å². The Morgan fingerprint density at radius 1 is 1.20 bits per heavy atom. The number of nitrogens with one attached hydrogen (secondary N) is 1. The highest BCUT2D eigenvalue weighted by Crippen LogP contribution is 2.24. The largest absolute Gasteiger partial charge is 0.507 e. The minimum atomic E-state index is 0.343. The van der Waals surface area contributed by atoms with E-state index in [2.05, 4.69) is 5.32 Å². The molecule has 0 aliphatic heterocycles. The molecule has 0 unspecified atom stereocenters. The van der Waals surface area contributed by atoms with Crippen LogP contribution in [0.4, 0.5) is 5.69 Å². The fourth-order valence-electron chi connectivity index (χ4n) is 2.07. The topological polar surface area (TPSA) is 56.0 Å². The first-order valence-corrected chi connectivity index (χ1v) is 6.61. The van der Waals surface area contributed by atoms with Gasteiger partial charge in [0.05, 0.1) is 10.6 Å². The van der Waals surface area contributed by atoms with E-state index in [4.69, 9.17) is 16.9 Å². The van der Waals surface area contributed by atoms with Gasteiger partial charge in [0.2, 0.25) is 0 Å². The highest BCUT2D eigenvalue weighted by atomic mass is 35.5. The molecule has 0 radical (unpaired) electrons. The van der Waals surface area contributed by atoms with E-state index in [-0.39, 0.29) is 0 Å². The highest BCUT2D eigenvalue weighted by molar-refractivity contribution is 6.32. The molecule has 4 heteroatoms. The van der Waals surface area contributed by atoms with Crippen molar-refractivity contribution in [3.63, 3.8) is 0 Å². The molecule has 2 aromatic rings. The molecule has 0 bridgehead atoms. The van der Waals surface area contributed by atoms with Crippen molar-refractivity contribution in [1.82, 2.24) is 0 Å². The number of phenols is 1. The third-order valence-corrected chi connectivity index (χ3v) is 3.45. The van der Waals surface area contributed by atoms with Gasteiger partial charge in [-0.15, -0.1) is 0 Å². The lowest BCUT2D eigenvalue weighted by Crippen LogP contribution is -2.00. The molecule has 0 fully saturated rings. The van der Waals surface area contributed by atoms with Crippen molar-refractivity contribution in [2.45, 2.75) is 20.4 Å². The zero-order chi connectivity index (χ0) is 14.7. The van der Waals surface area contributed by atoms with Gasteiger partial charge >= 0.3 is 0 Å². The summed E-state index contributed by atoms with van der Waals surface area (Å²) in [4.78, 5) is 0. The SMILES string of the molecule is Cc1cc(CNc2ccc(C#N)c(Cl)c2)cc(C)c1O. The van der Waals surface area contributed by atoms with Crippen molar-refractivity contribution >= 4 is 17.3 Å². The smallest absolute Gasteiger partial charge is 0.121 e. The van der Waals surface area contributed by atoms with Gasteiger partial charge in [-0.25, -0.2) is 0 Å². The molecule has 102 valence electrons. The molecule has 2 rings (SSSR count). The maximum atomic E-state index is 9.74. The first kappa shape index (κ1) is 14.2. The third kappa shape index (κ3) is 3.04. The molecule has 3 nitrogen and oxygen atoms in total. The summed E-state index contributed by atoms with van der Waals surface area (Å²) >= 11 is 5.99. The molecule has 20 heavy (non-hydrogen) atoms. The van der Waals surface area contributed by atoms with Crippen LogP contribution in [0.25, 0.3) is 0 Å². The van der Waals surface area contributed by atoms with Crippen molar-refractivity contribution in [1.29, 1.82) is 5.26 Å². The number of hydrogen-bond donors (Lipinski definition) is 2. The molecule has 0 spiro atoms. The Morgan fingerprint density at radius 3 is 2.40 bits per heavy atom. The number of aryl methyl sites for hydroxylation is 2. The van der Waals surface area contributed by atoms with Crippen LogP contribution in [-0.2, 0) is 6.54 Å². The Labute approximate surface area is 123 Å². The Morgan fingerprint density at radius 2 is 1.85 bits per heavy atom. The van der Waals surface area contributed by atoms with E-state index in [0.29, 0.717) is 22.9 Å². The second kappa shape index (κ2) is 5.85. The van der Waals surface area contributed by atoms with Gasteiger partial charge in [-0.3, -0.25) is 0 Å². The van der Waals surface area contributed by atoms with Gasteiger partial charge in [0.25, 0.3) is 0 Å². The second-order valence-electron chi connectivity index (χ2n) is 4.74. The number of rotatable bonds is 3. The summed E-state index contributed by atoms with van der Waals surface area (Å²) in [5.41, 5.74) is 4.13. The molecule has 0 heterocycles. The normalized spacial score (nSPS) is 10.1. The number of phenolic OH excluding ortho intramolecular Hbond substituents is 1. The van der Waals surface area contributed by atoms with E-state index in [1.165, 1.54) is 0 Å². The average molecular weight is 287 g/mol. The molecule has 2 aromatic carbocycles. The van der Waals surface area contributed by atoms with Crippen molar-refractivity contribution in [3.05, 3.63) is 57.6 Å². The van der Waals surface area contributed by atoms with Gasteiger partial charge in [-0.1, -0.05) is 23.7 Å². The van der Waals surface area contributed by atoms with Crippen molar-refractivity contribution in [2.24, 2.45) is 0 Å². The van der Waals surface area contributed by atoms with Gasteiger partial charge < -0.3 is 10.4 Å². The van der Waals surface area contributed by atoms with Crippen LogP contribution in [0.15, 0.2) is 30.3 Å². The third-order valence-electron chi connectivity index (χ3n) is 3.14. The predicted molar refractivity (Wildman–Crippen MR) is 81.1 cm³/mol. The molecule has 0 aromatic heterocycles. The number of halogens is 1. The monoisotopic (exact) mass is 286 g/mol. The number of nitrogens with zero attached hydrogens (tertiary/aromatic N) is 1. The summed E-state index contributed by atoms with van der Waals surface area (Å²) < 4.78 is 0. The Kier molecular flexibility index (Phi) is 4.16. The summed E-state index contributed by atoms with van der Waals surface area (Å²) in [7, 11) is 0. The van der Waals surface area contributed by atoms with Crippen LogP contribution in [0.5, 0.6) is 5.75 Å². The number of benzene rings is 2. The minimum absolute atomic E-state index is 0.343. The Bertz CT molecular complexity index is 666. The van der Waals surface area contributed by atoms with Crippen molar-refractivity contribution in [3.8, 4) is 11.8 Å². The zero-order valence-electron chi connectivity index (χ0n) is 11.4. The van der Waals surface area contributed by atoms with Gasteiger partial charge in [-0.2, -0.15) is 5.26 Å². The number of anilines is 1. The minimum Gasteiger partial charge on any atom is -0.507 e. The number of nitriles is 1. The lowest BCUT2D eigenvalue weighted by molar-refractivity contribution is 0.466. The summed E-state index contributed by atoms with van der Waals surface area (Å²) in [6.07, 6.45) is 0. The number of hydrogen-bond acceptors (Lipinski definition) is 3. The lowest BCUT2D eigenvalue weighted by Gasteiger charge is -2.10. The molecule has 2 N–H and O–H groups in total. The average Bonchev–Trinajstić information content (AvgIpc) is 2.42. The van der Waals surface area contributed by atoms with Crippen LogP contribution in [0.1, 0.15) is 22.3 Å². The first-order chi connectivity index (χ1) is 9.51. The summed E-state index contributed by atoms with van der Waals surface area (Å²) in [5.74, 6) is 0.343. The highest BCUT2D eigenvalue weighted by Gasteiger charge is 2.04. The molecule has 0 saturated heterocycles. The van der Waals surface area contributed by atoms with Gasteiger partial charge in [-0.05, 0) is 48.7 Å². The van der Waals surface area contributed by atoms with Crippen molar-refractivity contribution in [2.75, 3.05) is 5.32 Å². The summed E-state index contributed by atoms with van der Waals surface area (Å²) in [6.45, 7) is 4.39. The predicted octanol–water partition coefficient (Wildman–Crippen LogP) is 4.15. The van der Waals surface area contributed by atoms with Gasteiger partial charge in [0.15, 0.2) is 0 Å². The van der Waals surface area contributed by atoms with Crippen LogP contribution in [0, 0.1) is 25.2 Å². The fourth-order valence-corrected chi connectivity index (χ4v) is 2.29. The molecular weight excluding hydrogens is 272 g/mol. The molecule has 0 saturated carbocycles. The molecular formula is C16H15ClN2O. The van der Waals surface area contributed by atoms with Crippen LogP contribution in [0.3, 0.4) is 0 Å². The Balaban J connectivity index is 2.13. The molecule has 0 aliphatic carbocycles. The molecule has 0 amide bonds.